The predicted molar refractivity (Wildman–Crippen MR) is 66.1 cm³/mol. The summed E-state index contributed by atoms with van der Waals surface area (Å²) in [4.78, 5) is 0. The van der Waals surface area contributed by atoms with Gasteiger partial charge in [0.25, 0.3) is 0 Å². The fraction of sp³-hybridized carbons (Fsp3) is 0.875. The maximum atomic E-state index is 11.3. The van der Waals surface area contributed by atoms with Gasteiger partial charge in [0.05, 0.1) is 22.9 Å². The van der Waals surface area contributed by atoms with Crippen LogP contribution in [0.3, 0.4) is 0 Å². The molecule has 0 aromatic heterocycles. The molecule has 0 spiro atoms. The third-order valence-corrected chi connectivity index (χ3v) is 4.63. The second-order valence-electron chi connectivity index (χ2n) is 3.97. The van der Waals surface area contributed by atoms with E-state index in [9.17, 15) is 8.42 Å². The first-order valence-corrected chi connectivity index (χ1v) is 7.38. The topological polar surface area (TPSA) is 58.2 Å². The summed E-state index contributed by atoms with van der Waals surface area (Å²) in [6.45, 7) is 3.91. The maximum absolute atomic E-state index is 11.3. The molecule has 0 aromatic rings. The summed E-state index contributed by atoms with van der Waals surface area (Å²) in [5, 5.41) is 5.96. The highest BCUT2D eigenvalue weighted by molar-refractivity contribution is 7.91. The molecule has 4 nitrogen and oxygen atoms in total. The van der Waals surface area contributed by atoms with Gasteiger partial charge in [-0.1, -0.05) is 0 Å². The molecular formula is C8H15ClN2O2S2. The second kappa shape index (κ2) is 4.84. The molecule has 0 amide bonds. The van der Waals surface area contributed by atoms with Crippen LogP contribution in [0.4, 0.5) is 0 Å². The molecule has 15 heavy (non-hydrogen) atoms. The van der Waals surface area contributed by atoms with Crippen molar-refractivity contribution in [3.05, 3.63) is 0 Å². The van der Waals surface area contributed by atoms with Crippen LogP contribution in [0.25, 0.3) is 0 Å². The SMILES string of the molecule is CC(C)NC(=S)N[C@H]1CS(=O)(=O)C[C@@H]1Cl. The molecule has 1 rings (SSSR count). The minimum atomic E-state index is -3.00. The molecule has 0 radical (unpaired) electrons. The van der Waals surface area contributed by atoms with Crippen LogP contribution in [-0.2, 0) is 9.84 Å². The molecule has 0 saturated carbocycles. The summed E-state index contributed by atoms with van der Waals surface area (Å²) < 4.78 is 22.5. The van der Waals surface area contributed by atoms with Crippen LogP contribution < -0.4 is 10.6 Å². The molecule has 2 N–H and O–H groups in total. The normalized spacial score (nSPS) is 29.1. The third-order valence-electron chi connectivity index (χ3n) is 2.02. The fourth-order valence-electron chi connectivity index (χ4n) is 1.41. The molecule has 1 aliphatic heterocycles. The Morgan fingerprint density at radius 1 is 1.47 bits per heavy atom. The number of hydrogen-bond donors (Lipinski definition) is 2. The Labute approximate surface area is 101 Å². The summed E-state index contributed by atoms with van der Waals surface area (Å²) in [6.07, 6.45) is 0. The molecule has 1 aliphatic rings. The smallest absolute Gasteiger partial charge is 0.166 e. The van der Waals surface area contributed by atoms with Crippen LogP contribution in [0.2, 0.25) is 0 Å². The number of nitrogens with one attached hydrogen (secondary N) is 2. The van der Waals surface area contributed by atoms with Gasteiger partial charge < -0.3 is 10.6 Å². The number of thiocarbonyl (C=S) groups is 1. The van der Waals surface area contributed by atoms with E-state index in [0.717, 1.165) is 0 Å². The highest BCUT2D eigenvalue weighted by atomic mass is 35.5. The number of halogens is 1. The predicted octanol–water partition coefficient (Wildman–Crippen LogP) is 0.263. The molecule has 1 heterocycles. The first-order valence-electron chi connectivity index (χ1n) is 4.71. The van der Waals surface area contributed by atoms with Crippen molar-refractivity contribution in [1.29, 1.82) is 0 Å². The van der Waals surface area contributed by atoms with Gasteiger partial charge in [0, 0.05) is 6.04 Å². The summed E-state index contributed by atoms with van der Waals surface area (Å²) >= 11 is 10.9. The van der Waals surface area contributed by atoms with Crippen molar-refractivity contribution in [1.82, 2.24) is 10.6 Å². The molecule has 1 saturated heterocycles. The van der Waals surface area contributed by atoms with Gasteiger partial charge in [-0.05, 0) is 26.1 Å². The number of alkyl halides is 1. The van der Waals surface area contributed by atoms with Crippen LogP contribution >= 0.6 is 23.8 Å². The lowest BCUT2D eigenvalue weighted by atomic mass is 10.2. The average molecular weight is 271 g/mol. The quantitative estimate of drug-likeness (QED) is 0.557. The summed E-state index contributed by atoms with van der Waals surface area (Å²) in [6, 6.07) is -0.0628. The van der Waals surface area contributed by atoms with Gasteiger partial charge in [-0.2, -0.15) is 0 Å². The molecule has 2 atom stereocenters. The minimum Gasteiger partial charge on any atom is -0.361 e. The van der Waals surface area contributed by atoms with E-state index in [1.807, 2.05) is 13.8 Å². The zero-order chi connectivity index (χ0) is 11.6. The van der Waals surface area contributed by atoms with Crippen LogP contribution in [-0.4, -0.2) is 42.5 Å². The lowest BCUT2D eigenvalue weighted by Crippen LogP contribution is -2.47. The van der Waals surface area contributed by atoms with Gasteiger partial charge in [-0.3, -0.25) is 0 Å². The van der Waals surface area contributed by atoms with Crippen molar-refractivity contribution in [2.75, 3.05) is 11.5 Å². The number of sulfone groups is 1. The monoisotopic (exact) mass is 270 g/mol. The van der Waals surface area contributed by atoms with E-state index in [1.54, 1.807) is 0 Å². The van der Waals surface area contributed by atoms with Gasteiger partial charge in [-0.15, -0.1) is 11.6 Å². The molecular weight excluding hydrogens is 256 g/mol. The van der Waals surface area contributed by atoms with Crippen molar-refractivity contribution < 1.29 is 8.42 Å². The largest absolute Gasteiger partial charge is 0.361 e. The zero-order valence-corrected chi connectivity index (χ0v) is 11.0. The Kier molecular flexibility index (Phi) is 4.20. The average Bonchev–Trinajstić information content (AvgIpc) is 2.22. The van der Waals surface area contributed by atoms with Crippen molar-refractivity contribution in [3.63, 3.8) is 0 Å². The Bertz CT molecular complexity index is 343. The van der Waals surface area contributed by atoms with Crippen molar-refractivity contribution in [2.45, 2.75) is 31.3 Å². The summed E-state index contributed by atoms with van der Waals surface area (Å²) in [5.41, 5.74) is 0. The Morgan fingerprint density at radius 2 is 2.07 bits per heavy atom. The van der Waals surface area contributed by atoms with Gasteiger partial charge in [0.2, 0.25) is 0 Å². The van der Waals surface area contributed by atoms with E-state index < -0.39 is 15.2 Å². The van der Waals surface area contributed by atoms with Crippen molar-refractivity contribution in [3.8, 4) is 0 Å². The van der Waals surface area contributed by atoms with E-state index in [-0.39, 0.29) is 23.6 Å². The van der Waals surface area contributed by atoms with Crippen LogP contribution in [0.1, 0.15) is 13.8 Å². The molecule has 7 heteroatoms. The van der Waals surface area contributed by atoms with Crippen LogP contribution in [0.5, 0.6) is 0 Å². The Morgan fingerprint density at radius 3 is 2.47 bits per heavy atom. The van der Waals surface area contributed by atoms with Crippen LogP contribution in [0, 0.1) is 0 Å². The summed E-state index contributed by atoms with van der Waals surface area (Å²) in [5.74, 6) is 0.0809. The molecule has 0 bridgehead atoms. The van der Waals surface area contributed by atoms with Gasteiger partial charge in [-0.25, -0.2) is 8.42 Å². The van der Waals surface area contributed by atoms with Crippen molar-refractivity contribution >= 4 is 38.8 Å². The van der Waals surface area contributed by atoms with Gasteiger partial charge >= 0.3 is 0 Å². The van der Waals surface area contributed by atoms with Crippen molar-refractivity contribution in [2.24, 2.45) is 0 Å². The highest BCUT2D eigenvalue weighted by Crippen LogP contribution is 2.17. The fourth-order valence-corrected chi connectivity index (χ4v) is 4.35. The Balaban J connectivity index is 2.50. The lowest BCUT2D eigenvalue weighted by Gasteiger charge is -2.19. The highest BCUT2D eigenvalue weighted by Gasteiger charge is 2.36. The first-order chi connectivity index (χ1) is 6.80. The third kappa shape index (κ3) is 4.12. The second-order valence-corrected chi connectivity index (χ2v) is 7.09. The van der Waals surface area contributed by atoms with Gasteiger partial charge in [0.1, 0.15) is 0 Å². The Hall–Kier alpha value is -0.0700. The molecule has 0 aliphatic carbocycles. The van der Waals surface area contributed by atoms with Gasteiger partial charge in [0.15, 0.2) is 14.9 Å². The van der Waals surface area contributed by atoms with E-state index in [1.165, 1.54) is 0 Å². The number of rotatable bonds is 2. The van der Waals surface area contributed by atoms with Crippen LogP contribution in [0.15, 0.2) is 0 Å². The summed E-state index contributed by atoms with van der Waals surface area (Å²) in [7, 11) is -3.00. The number of hydrogen-bond acceptors (Lipinski definition) is 3. The molecule has 0 aromatic carbocycles. The van der Waals surface area contributed by atoms with E-state index in [2.05, 4.69) is 10.6 Å². The molecule has 88 valence electrons. The maximum Gasteiger partial charge on any atom is 0.166 e. The molecule has 1 fully saturated rings. The standard InChI is InChI=1S/C8H15ClN2O2S2/c1-5(2)10-8(14)11-7-4-15(12,13)3-6(7)9/h5-7H,3-4H2,1-2H3,(H2,10,11,14)/t6-,7-/m0/s1. The molecule has 0 unspecified atom stereocenters. The van der Waals surface area contributed by atoms with E-state index >= 15 is 0 Å². The first kappa shape index (κ1) is 13.0. The van der Waals surface area contributed by atoms with E-state index in [4.69, 9.17) is 23.8 Å². The minimum absolute atomic E-state index is 0.0243. The zero-order valence-electron chi connectivity index (χ0n) is 8.66. The van der Waals surface area contributed by atoms with E-state index in [0.29, 0.717) is 5.11 Å². The lowest BCUT2D eigenvalue weighted by molar-refractivity contribution is 0.599.